The number of hydrogen-bond donors (Lipinski definition) is 1. The highest BCUT2D eigenvalue weighted by molar-refractivity contribution is 7.92. The quantitative estimate of drug-likeness (QED) is 0.834. The molecule has 1 N–H and O–H groups in total. The van der Waals surface area contributed by atoms with Crippen molar-refractivity contribution in [3.05, 3.63) is 54.1 Å². The van der Waals surface area contributed by atoms with Crippen molar-refractivity contribution in [1.29, 1.82) is 0 Å². The molecule has 2 aromatic carbocycles. The highest BCUT2D eigenvalue weighted by Crippen LogP contribution is 2.33. The smallest absolute Gasteiger partial charge is 0.261 e. The van der Waals surface area contributed by atoms with E-state index < -0.39 is 19.9 Å². The Morgan fingerprint density at radius 2 is 1.50 bits per heavy atom. The molecule has 1 aliphatic rings. The predicted octanol–water partition coefficient (Wildman–Crippen LogP) is 3.94. The lowest BCUT2D eigenvalue weighted by atomic mass is 9.84. The number of nitrogens with one attached hydrogen (secondary N) is 1. The minimum Gasteiger partial charge on any atom is -0.280 e. The molecule has 1 aliphatic carbocycles. The summed E-state index contributed by atoms with van der Waals surface area (Å²) in [5.74, 6) is 0.514. The van der Waals surface area contributed by atoms with Gasteiger partial charge in [0.15, 0.2) is 9.84 Å². The van der Waals surface area contributed by atoms with Gasteiger partial charge in [-0.05, 0) is 54.7 Å². The van der Waals surface area contributed by atoms with Gasteiger partial charge in [0.05, 0.1) is 15.5 Å². The molecule has 3 rings (SSSR count). The Morgan fingerprint density at radius 3 is 2.12 bits per heavy atom. The molecule has 0 amide bonds. The largest absolute Gasteiger partial charge is 0.280 e. The molecule has 5 nitrogen and oxygen atoms in total. The Balaban J connectivity index is 1.80. The molecule has 0 aliphatic heterocycles. The molecule has 0 spiro atoms. The van der Waals surface area contributed by atoms with Crippen LogP contribution >= 0.6 is 0 Å². The van der Waals surface area contributed by atoms with E-state index in [4.69, 9.17) is 0 Å². The van der Waals surface area contributed by atoms with Crippen LogP contribution < -0.4 is 4.72 Å². The number of hydrogen-bond acceptors (Lipinski definition) is 4. The third-order valence-corrected chi connectivity index (χ3v) is 7.29. The van der Waals surface area contributed by atoms with Gasteiger partial charge in [-0.3, -0.25) is 4.72 Å². The van der Waals surface area contributed by atoms with E-state index in [0.29, 0.717) is 5.92 Å². The minimum atomic E-state index is -3.77. The number of sulfone groups is 1. The van der Waals surface area contributed by atoms with E-state index in [0.717, 1.165) is 19.1 Å². The van der Waals surface area contributed by atoms with Crippen molar-refractivity contribution < 1.29 is 16.8 Å². The molecular formula is C19H23NO4S2. The van der Waals surface area contributed by atoms with Gasteiger partial charge in [0.25, 0.3) is 10.0 Å². The second-order valence-electron chi connectivity index (χ2n) is 6.81. The highest BCUT2D eigenvalue weighted by Gasteiger charge is 2.18. The van der Waals surface area contributed by atoms with Gasteiger partial charge in [0.2, 0.25) is 0 Å². The van der Waals surface area contributed by atoms with Crippen LogP contribution in [0.15, 0.2) is 58.3 Å². The average molecular weight is 394 g/mol. The molecule has 7 heteroatoms. The van der Waals surface area contributed by atoms with Crippen molar-refractivity contribution in [1.82, 2.24) is 0 Å². The molecule has 1 saturated carbocycles. The van der Waals surface area contributed by atoms with Crippen LogP contribution in [0.25, 0.3) is 0 Å². The fourth-order valence-corrected chi connectivity index (χ4v) is 5.08. The lowest BCUT2D eigenvalue weighted by Crippen LogP contribution is -2.13. The van der Waals surface area contributed by atoms with Crippen molar-refractivity contribution in [2.75, 3.05) is 11.0 Å². The van der Waals surface area contributed by atoms with Crippen LogP contribution in [0, 0.1) is 0 Å². The zero-order valence-corrected chi connectivity index (χ0v) is 16.3. The topological polar surface area (TPSA) is 80.3 Å². The number of rotatable bonds is 5. The summed E-state index contributed by atoms with van der Waals surface area (Å²) in [6.45, 7) is 0. The summed E-state index contributed by atoms with van der Waals surface area (Å²) in [6, 6.07) is 12.8. The van der Waals surface area contributed by atoms with Crippen LogP contribution in [0.5, 0.6) is 0 Å². The molecule has 140 valence electrons. The fourth-order valence-electron chi connectivity index (χ4n) is 3.36. The van der Waals surface area contributed by atoms with E-state index in [1.54, 1.807) is 12.1 Å². The summed E-state index contributed by atoms with van der Waals surface area (Å²) >= 11 is 0. The Morgan fingerprint density at radius 1 is 0.846 bits per heavy atom. The lowest BCUT2D eigenvalue weighted by Gasteiger charge is -2.22. The van der Waals surface area contributed by atoms with E-state index in [-0.39, 0.29) is 15.5 Å². The summed E-state index contributed by atoms with van der Waals surface area (Å²) in [5, 5.41) is 0. The van der Waals surface area contributed by atoms with Crippen molar-refractivity contribution in [2.24, 2.45) is 0 Å². The van der Waals surface area contributed by atoms with Crippen molar-refractivity contribution >= 4 is 25.5 Å². The van der Waals surface area contributed by atoms with Gasteiger partial charge in [-0.15, -0.1) is 0 Å². The Bertz CT molecular complexity index is 974. The fraction of sp³-hybridized carbons (Fsp3) is 0.368. The molecule has 0 heterocycles. The molecule has 0 aromatic heterocycles. The van der Waals surface area contributed by atoms with Crippen molar-refractivity contribution in [3.8, 4) is 0 Å². The lowest BCUT2D eigenvalue weighted by molar-refractivity contribution is 0.443. The maximum Gasteiger partial charge on any atom is 0.261 e. The van der Waals surface area contributed by atoms with Gasteiger partial charge in [-0.1, -0.05) is 37.5 Å². The molecular weight excluding hydrogens is 370 g/mol. The van der Waals surface area contributed by atoms with Gasteiger partial charge in [0.1, 0.15) is 0 Å². The first-order valence-corrected chi connectivity index (χ1v) is 12.1. The van der Waals surface area contributed by atoms with Gasteiger partial charge in [-0.2, -0.15) is 0 Å². The molecule has 0 bridgehead atoms. The van der Waals surface area contributed by atoms with Crippen molar-refractivity contribution in [3.63, 3.8) is 0 Å². The molecule has 0 unspecified atom stereocenters. The summed E-state index contributed by atoms with van der Waals surface area (Å²) < 4.78 is 50.9. The maximum atomic E-state index is 12.6. The van der Waals surface area contributed by atoms with E-state index in [1.807, 2.05) is 12.1 Å². The van der Waals surface area contributed by atoms with Gasteiger partial charge >= 0.3 is 0 Å². The van der Waals surface area contributed by atoms with Crippen LogP contribution in [-0.4, -0.2) is 23.1 Å². The van der Waals surface area contributed by atoms with E-state index in [9.17, 15) is 16.8 Å². The van der Waals surface area contributed by atoms with Crippen molar-refractivity contribution in [2.45, 2.75) is 47.8 Å². The molecule has 0 atom stereocenters. The third kappa shape index (κ3) is 4.45. The minimum absolute atomic E-state index is 0.0744. The molecule has 1 fully saturated rings. The zero-order valence-electron chi connectivity index (χ0n) is 14.7. The first-order valence-electron chi connectivity index (χ1n) is 8.69. The molecule has 0 saturated heterocycles. The van der Waals surface area contributed by atoms with Crippen LogP contribution in [0.4, 0.5) is 5.69 Å². The zero-order chi connectivity index (χ0) is 18.8. The normalized spacial score (nSPS) is 16.3. The molecule has 0 radical (unpaired) electrons. The first kappa shape index (κ1) is 18.9. The van der Waals surface area contributed by atoms with Crippen LogP contribution in [0.1, 0.15) is 43.6 Å². The number of sulfonamides is 1. The second kappa shape index (κ2) is 7.40. The summed E-state index contributed by atoms with van der Waals surface area (Å²) in [4.78, 5) is 0.243. The summed E-state index contributed by atoms with van der Waals surface area (Å²) in [6.07, 6.45) is 7.13. The monoisotopic (exact) mass is 393 g/mol. The van der Waals surface area contributed by atoms with Gasteiger partial charge in [-0.25, -0.2) is 16.8 Å². The van der Waals surface area contributed by atoms with Gasteiger partial charge in [0, 0.05) is 6.26 Å². The molecule has 2 aromatic rings. The Hall–Kier alpha value is -1.86. The SMILES string of the molecule is CS(=O)(=O)c1cccc(NS(=O)(=O)c2ccc(C3CCCCC3)cc2)c1. The Labute approximate surface area is 155 Å². The average Bonchev–Trinajstić information content (AvgIpc) is 2.62. The van der Waals surface area contributed by atoms with Crippen LogP contribution in [0.3, 0.4) is 0 Å². The summed E-state index contributed by atoms with van der Waals surface area (Å²) in [5.41, 5.74) is 1.41. The first-order chi connectivity index (χ1) is 12.3. The Kier molecular flexibility index (Phi) is 5.39. The summed E-state index contributed by atoms with van der Waals surface area (Å²) in [7, 11) is -7.17. The number of benzene rings is 2. The third-order valence-electron chi connectivity index (χ3n) is 4.78. The molecule has 26 heavy (non-hydrogen) atoms. The maximum absolute atomic E-state index is 12.6. The van der Waals surface area contributed by atoms with E-state index in [2.05, 4.69) is 4.72 Å². The predicted molar refractivity (Wildman–Crippen MR) is 103 cm³/mol. The number of anilines is 1. The second-order valence-corrected chi connectivity index (χ2v) is 10.5. The van der Waals surface area contributed by atoms with Crippen LogP contribution in [-0.2, 0) is 19.9 Å². The standard InChI is InChI=1S/C19H23NO4S2/c1-25(21,22)19-9-5-8-17(14-19)20-26(23,24)18-12-10-16(11-13-18)15-6-3-2-4-7-15/h5,8-15,20H,2-4,6-7H2,1H3. The van der Waals surface area contributed by atoms with E-state index >= 15 is 0 Å². The highest BCUT2D eigenvalue weighted by atomic mass is 32.2. The van der Waals surface area contributed by atoms with E-state index in [1.165, 1.54) is 49.1 Å². The van der Waals surface area contributed by atoms with Gasteiger partial charge < -0.3 is 0 Å². The van der Waals surface area contributed by atoms with Crippen LogP contribution in [0.2, 0.25) is 0 Å².